The summed E-state index contributed by atoms with van der Waals surface area (Å²) in [4.78, 5) is 26.7. The van der Waals surface area contributed by atoms with E-state index in [1.54, 1.807) is 13.3 Å². The molecule has 1 atom stereocenters. The first-order valence-electron chi connectivity index (χ1n) is 10.9. The molecule has 0 radical (unpaired) electrons. The number of ketones is 1. The molecule has 0 N–H and O–H groups in total. The number of hydrogen-bond donors (Lipinski definition) is 0. The second-order valence-electron chi connectivity index (χ2n) is 8.23. The maximum absolute atomic E-state index is 12.8. The Bertz CT molecular complexity index is 1140. The molecule has 1 saturated heterocycles. The highest BCUT2D eigenvalue weighted by Gasteiger charge is 2.30. The number of carbonyl (C=O) groups is 1. The number of anilines is 2. The first kappa shape index (κ1) is 20.8. The van der Waals surface area contributed by atoms with Crippen molar-refractivity contribution in [3.63, 3.8) is 0 Å². The molecule has 1 aromatic heterocycles. The molecule has 2 aromatic carbocycles. The van der Waals surface area contributed by atoms with Crippen LogP contribution in [0, 0.1) is 0 Å². The molecule has 7 heteroatoms. The van der Waals surface area contributed by atoms with E-state index in [1.807, 2.05) is 42.5 Å². The maximum atomic E-state index is 12.8. The summed E-state index contributed by atoms with van der Waals surface area (Å²) >= 11 is 6.41. The van der Waals surface area contributed by atoms with Gasteiger partial charge >= 0.3 is 0 Å². The SMILES string of the molecule is COc1ccccc1N1CCN(c2ncc3c(n2)C[C@H](c2ccccc2Cl)CC3=O)CC1. The molecular formula is C25H25ClN4O2. The van der Waals surface area contributed by atoms with Crippen LogP contribution in [0.2, 0.25) is 5.02 Å². The van der Waals surface area contributed by atoms with Gasteiger partial charge in [0.1, 0.15) is 5.75 Å². The summed E-state index contributed by atoms with van der Waals surface area (Å²) in [6.07, 6.45) is 2.84. The minimum Gasteiger partial charge on any atom is -0.495 e. The van der Waals surface area contributed by atoms with Crippen LogP contribution in [0.15, 0.2) is 54.7 Å². The standard InChI is InChI=1S/C25H25ClN4O2/c1-32-24-9-5-4-8-22(24)29-10-12-30(13-11-29)25-27-16-19-21(28-25)14-17(15-23(19)31)18-6-2-3-7-20(18)26/h2-9,16-17H,10-15H2,1H3/t17-/m0/s1. The number of nitrogens with zero attached hydrogens (tertiary/aromatic N) is 4. The molecule has 0 unspecified atom stereocenters. The zero-order valence-electron chi connectivity index (χ0n) is 18.0. The van der Waals surface area contributed by atoms with E-state index in [9.17, 15) is 4.79 Å². The molecule has 5 rings (SSSR count). The maximum Gasteiger partial charge on any atom is 0.225 e. The Balaban J connectivity index is 1.33. The fourth-order valence-electron chi connectivity index (χ4n) is 4.65. The lowest BCUT2D eigenvalue weighted by atomic mass is 9.82. The molecule has 1 aliphatic carbocycles. The topological polar surface area (TPSA) is 58.6 Å². The number of para-hydroxylation sites is 2. The van der Waals surface area contributed by atoms with Gasteiger partial charge in [0.05, 0.1) is 24.1 Å². The van der Waals surface area contributed by atoms with Gasteiger partial charge in [-0.25, -0.2) is 9.97 Å². The second-order valence-corrected chi connectivity index (χ2v) is 8.63. The van der Waals surface area contributed by atoms with Gasteiger partial charge in [-0.1, -0.05) is 41.9 Å². The number of Topliss-reactive ketones (excluding diaryl/α,β-unsaturated/α-hetero) is 1. The summed E-state index contributed by atoms with van der Waals surface area (Å²) in [5.41, 5.74) is 3.58. The van der Waals surface area contributed by atoms with Crippen LogP contribution in [0.3, 0.4) is 0 Å². The van der Waals surface area contributed by atoms with Crippen LogP contribution in [0.5, 0.6) is 5.75 Å². The summed E-state index contributed by atoms with van der Waals surface area (Å²) in [5.74, 6) is 1.71. The van der Waals surface area contributed by atoms with E-state index in [-0.39, 0.29) is 11.7 Å². The van der Waals surface area contributed by atoms with Crippen LogP contribution in [0.1, 0.15) is 34.0 Å². The van der Waals surface area contributed by atoms with Crippen molar-refractivity contribution in [1.82, 2.24) is 9.97 Å². The predicted octanol–water partition coefficient (Wildman–Crippen LogP) is 4.38. The van der Waals surface area contributed by atoms with Crippen LogP contribution < -0.4 is 14.5 Å². The lowest BCUT2D eigenvalue weighted by molar-refractivity contribution is 0.0962. The Labute approximate surface area is 192 Å². The van der Waals surface area contributed by atoms with Crippen molar-refractivity contribution >= 4 is 29.0 Å². The highest BCUT2D eigenvalue weighted by atomic mass is 35.5. The molecule has 6 nitrogen and oxygen atoms in total. The molecule has 0 saturated carbocycles. The largest absolute Gasteiger partial charge is 0.495 e. The first-order valence-corrected chi connectivity index (χ1v) is 11.3. The average molecular weight is 449 g/mol. The van der Waals surface area contributed by atoms with Crippen LogP contribution in [-0.2, 0) is 6.42 Å². The predicted molar refractivity (Wildman–Crippen MR) is 126 cm³/mol. The van der Waals surface area contributed by atoms with E-state index < -0.39 is 0 Å². The quantitative estimate of drug-likeness (QED) is 0.590. The third-order valence-electron chi connectivity index (χ3n) is 6.36. The number of benzene rings is 2. The van der Waals surface area contributed by atoms with Gasteiger partial charge in [-0.3, -0.25) is 4.79 Å². The van der Waals surface area contributed by atoms with Crippen LogP contribution in [-0.4, -0.2) is 49.0 Å². The van der Waals surface area contributed by atoms with Gasteiger partial charge in [0.2, 0.25) is 5.95 Å². The molecule has 2 heterocycles. The number of halogens is 1. The van der Waals surface area contributed by atoms with Gasteiger partial charge in [-0.15, -0.1) is 0 Å². The summed E-state index contributed by atoms with van der Waals surface area (Å²) in [6, 6.07) is 15.8. The Kier molecular flexibility index (Phi) is 5.70. The molecule has 0 amide bonds. The van der Waals surface area contributed by atoms with Gasteiger partial charge in [0.25, 0.3) is 0 Å². The van der Waals surface area contributed by atoms with Gasteiger partial charge in [0.15, 0.2) is 5.78 Å². The van der Waals surface area contributed by atoms with E-state index in [2.05, 4.69) is 20.9 Å². The molecule has 1 fully saturated rings. The second kappa shape index (κ2) is 8.79. The molecule has 0 bridgehead atoms. The van der Waals surface area contributed by atoms with Crippen molar-refractivity contribution in [2.75, 3.05) is 43.1 Å². The molecule has 164 valence electrons. The Morgan fingerprint density at radius 2 is 1.69 bits per heavy atom. The Morgan fingerprint density at radius 1 is 0.969 bits per heavy atom. The molecular weight excluding hydrogens is 424 g/mol. The van der Waals surface area contributed by atoms with E-state index >= 15 is 0 Å². The van der Waals surface area contributed by atoms with Gasteiger partial charge in [-0.05, 0) is 36.1 Å². The number of hydrogen-bond acceptors (Lipinski definition) is 6. The summed E-state index contributed by atoms with van der Waals surface area (Å²) < 4.78 is 5.52. The average Bonchev–Trinajstić information content (AvgIpc) is 2.84. The van der Waals surface area contributed by atoms with E-state index in [4.69, 9.17) is 21.3 Å². The molecule has 3 aromatic rings. The third-order valence-corrected chi connectivity index (χ3v) is 6.70. The monoisotopic (exact) mass is 448 g/mol. The lowest BCUT2D eigenvalue weighted by Gasteiger charge is -2.37. The van der Waals surface area contributed by atoms with Crippen LogP contribution >= 0.6 is 11.6 Å². The van der Waals surface area contributed by atoms with Gasteiger partial charge < -0.3 is 14.5 Å². The fourth-order valence-corrected chi connectivity index (χ4v) is 4.94. The third kappa shape index (κ3) is 3.91. The van der Waals surface area contributed by atoms with Crippen molar-refractivity contribution in [2.45, 2.75) is 18.8 Å². The number of carbonyl (C=O) groups excluding carboxylic acids is 1. The summed E-state index contributed by atoms with van der Waals surface area (Å²) in [5, 5.41) is 0.704. The molecule has 0 spiro atoms. The Hall–Kier alpha value is -3.12. The minimum absolute atomic E-state index is 0.0499. The lowest BCUT2D eigenvalue weighted by Crippen LogP contribution is -2.47. The first-order chi connectivity index (χ1) is 15.6. The number of piperazine rings is 1. The van der Waals surface area contributed by atoms with Crippen molar-refractivity contribution in [3.8, 4) is 5.75 Å². The highest BCUT2D eigenvalue weighted by Crippen LogP contribution is 2.35. The van der Waals surface area contributed by atoms with Crippen LogP contribution in [0.25, 0.3) is 0 Å². The van der Waals surface area contributed by atoms with Gasteiger partial charge in [-0.2, -0.15) is 0 Å². The van der Waals surface area contributed by atoms with Crippen molar-refractivity contribution in [1.29, 1.82) is 0 Å². The molecule has 32 heavy (non-hydrogen) atoms. The molecule has 2 aliphatic rings. The Morgan fingerprint density at radius 3 is 2.47 bits per heavy atom. The summed E-state index contributed by atoms with van der Waals surface area (Å²) in [7, 11) is 1.70. The van der Waals surface area contributed by atoms with Crippen molar-refractivity contribution in [2.24, 2.45) is 0 Å². The van der Waals surface area contributed by atoms with E-state index in [0.717, 1.165) is 48.9 Å². The molecule has 1 aliphatic heterocycles. The zero-order chi connectivity index (χ0) is 22.1. The highest BCUT2D eigenvalue weighted by molar-refractivity contribution is 6.31. The van der Waals surface area contributed by atoms with Crippen molar-refractivity contribution < 1.29 is 9.53 Å². The van der Waals surface area contributed by atoms with E-state index in [0.29, 0.717) is 29.4 Å². The van der Waals surface area contributed by atoms with E-state index in [1.165, 1.54) is 0 Å². The minimum atomic E-state index is 0.0499. The van der Waals surface area contributed by atoms with Gasteiger partial charge in [0, 0.05) is 43.8 Å². The smallest absolute Gasteiger partial charge is 0.225 e. The number of rotatable bonds is 4. The summed E-state index contributed by atoms with van der Waals surface area (Å²) in [6.45, 7) is 3.31. The number of fused-ring (bicyclic) bond motifs is 1. The van der Waals surface area contributed by atoms with Crippen molar-refractivity contribution in [3.05, 3.63) is 76.6 Å². The van der Waals surface area contributed by atoms with Crippen LogP contribution in [0.4, 0.5) is 11.6 Å². The number of ether oxygens (including phenoxy) is 1. The number of aromatic nitrogens is 2. The zero-order valence-corrected chi connectivity index (χ0v) is 18.8. The number of methoxy groups -OCH3 is 1. The normalized spacial score (nSPS) is 18.4. The fraction of sp³-hybridized carbons (Fsp3) is 0.320.